The van der Waals surface area contributed by atoms with E-state index in [-0.39, 0.29) is 24.8 Å². The summed E-state index contributed by atoms with van der Waals surface area (Å²) in [6.45, 7) is 1.69. The number of halogens is 2. The van der Waals surface area contributed by atoms with Gasteiger partial charge in [0.25, 0.3) is 5.91 Å². The second-order valence-corrected chi connectivity index (χ2v) is 7.06. The van der Waals surface area contributed by atoms with E-state index >= 15 is 0 Å². The predicted octanol–water partition coefficient (Wildman–Crippen LogP) is 3.24. The first kappa shape index (κ1) is 20.3. The molecule has 0 saturated carbocycles. The van der Waals surface area contributed by atoms with Gasteiger partial charge in [0.05, 0.1) is 5.02 Å². The van der Waals surface area contributed by atoms with E-state index in [1.807, 2.05) is 12.1 Å². The highest BCUT2D eigenvalue weighted by atomic mass is 35.5. The maximum Gasteiger partial charge on any atom is 0.251 e. The molecule has 2 aromatic carbocycles. The molecular weight excluding hydrogens is 403 g/mol. The standard InChI is InChI=1S/C20H20Cl2N2O4/c21-15-3-1-14(2-4-15)20(26)24-8-6-18(25)23-7-5-13-11-16(22)19-17(12-13)27-9-10-28-19/h1-4,11-12H,5-10H2,(H,23,25)(H,24,26). The molecule has 0 bridgehead atoms. The summed E-state index contributed by atoms with van der Waals surface area (Å²) < 4.78 is 11.0. The van der Waals surface area contributed by atoms with Gasteiger partial charge < -0.3 is 20.1 Å². The van der Waals surface area contributed by atoms with Gasteiger partial charge >= 0.3 is 0 Å². The van der Waals surface area contributed by atoms with Crippen molar-refractivity contribution in [2.75, 3.05) is 26.3 Å². The van der Waals surface area contributed by atoms with Crippen LogP contribution >= 0.6 is 23.2 Å². The summed E-state index contributed by atoms with van der Waals surface area (Å²) in [6, 6.07) is 10.2. The van der Waals surface area contributed by atoms with Crippen LogP contribution in [0, 0.1) is 0 Å². The number of fused-ring (bicyclic) bond motifs is 1. The van der Waals surface area contributed by atoms with Crippen LogP contribution in [-0.2, 0) is 11.2 Å². The Bertz CT molecular complexity index is 856. The van der Waals surface area contributed by atoms with E-state index in [2.05, 4.69) is 10.6 Å². The first-order chi connectivity index (χ1) is 13.5. The number of carbonyl (C=O) groups is 2. The first-order valence-electron chi connectivity index (χ1n) is 8.91. The molecule has 28 heavy (non-hydrogen) atoms. The highest BCUT2D eigenvalue weighted by Crippen LogP contribution is 2.38. The minimum Gasteiger partial charge on any atom is -0.486 e. The lowest BCUT2D eigenvalue weighted by molar-refractivity contribution is -0.120. The SMILES string of the molecule is O=C(CCNC(=O)c1ccc(Cl)cc1)NCCc1cc(Cl)c2c(c1)OCCO2. The Morgan fingerprint density at radius 3 is 2.50 bits per heavy atom. The van der Waals surface area contributed by atoms with Crippen molar-refractivity contribution < 1.29 is 19.1 Å². The molecule has 6 nitrogen and oxygen atoms in total. The fourth-order valence-electron chi connectivity index (χ4n) is 2.74. The molecule has 1 heterocycles. The molecule has 0 unspecified atom stereocenters. The summed E-state index contributed by atoms with van der Waals surface area (Å²) in [6.07, 6.45) is 0.806. The largest absolute Gasteiger partial charge is 0.486 e. The quantitative estimate of drug-likeness (QED) is 0.717. The van der Waals surface area contributed by atoms with Crippen molar-refractivity contribution >= 4 is 35.0 Å². The van der Waals surface area contributed by atoms with E-state index < -0.39 is 0 Å². The highest BCUT2D eigenvalue weighted by Gasteiger charge is 2.16. The van der Waals surface area contributed by atoms with Crippen LogP contribution < -0.4 is 20.1 Å². The van der Waals surface area contributed by atoms with Gasteiger partial charge in [-0.2, -0.15) is 0 Å². The number of ether oxygens (including phenoxy) is 2. The molecule has 3 rings (SSSR count). The van der Waals surface area contributed by atoms with Crippen LogP contribution in [0.25, 0.3) is 0 Å². The molecule has 2 amide bonds. The number of rotatable bonds is 7. The Labute approximate surface area is 173 Å². The fraction of sp³-hybridized carbons (Fsp3) is 0.300. The minimum absolute atomic E-state index is 0.139. The molecule has 0 radical (unpaired) electrons. The molecule has 148 valence electrons. The van der Waals surface area contributed by atoms with Gasteiger partial charge in [-0.3, -0.25) is 9.59 Å². The number of hydrogen-bond acceptors (Lipinski definition) is 4. The molecule has 2 N–H and O–H groups in total. The Hall–Kier alpha value is -2.44. The third-order valence-corrected chi connectivity index (χ3v) is 4.67. The third kappa shape index (κ3) is 5.53. The number of amides is 2. The van der Waals surface area contributed by atoms with Gasteiger partial charge in [-0.05, 0) is 48.4 Å². The van der Waals surface area contributed by atoms with Crippen molar-refractivity contribution in [3.8, 4) is 11.5 Å². The van der Waals surface area contributed by atoms with Gasteiger partial charge in [0.2, 0.25) is 5.91 Å². The van der Waals surface area contributed by atoms with Crippen LogP contribution in [0.2, 0.25) is 10.0 Å². The van der Waals surface area contributed by atoms with Gasteiger partial charge in [-0.1, -0.05) is 23.2 Å². The lowest BCUT2D eigenvalue weighted by Crippen LogP contribution is -2.31. The lowest BCUT2D eigenvalue weighted by atomic mass is 10.1. The number of carbonyl (C=O) groups excluding carboxylic acids is 2. The smallest absolute Gasteiger partial charge is 0.251 e. The van der Waals surface area contributed by atoms with E-state index in [4.69, 9.17) is 32.7 Å². The second-order valence-electron chi connectivity index (χ2n) is 6.21. The predicted molar refractivity (Wildman–Crippen MR) is 108 cm³/mol. The molecule has 0 fully saturated rings. The van der Waals surface area contributed by atoms with Crippen molar-refractivity contribution in [2.24, 2.45) is 0 Å². The topological polar surface area (TPSA) is 76.7 Å². The summed E-state index contributed by atoms with van der Waals surface area (Å²) in [4.78, 5) is 23.9. The molecule has 0 spiro atoms. The zero-order valence-corrected chi connectivity index (χ0v) is 16.6. The molecule has 8 heteroatoms. The van der Waals surface area contributed by atoms with Crippen LogP contribution in [0.1, 0.15) is 22.3 Å². The van der Waals surface area contributed by atoms with E-state index in [9.17, 15) is 9.59 Å². The first-order valence-corrected chi connectivity index (χ1v) is 9.67. The molecule has 0 aliphatic carbocycles. The maximum absolute atomic E-state index is 12.0. The lowest BCUT2D eigenvalue weighted by Gasteiger charge is -2.20. The van der Waals surface area contributed by atoms with Gasteiger partial charge in [-0.15, -0.1) is 0 Å². The molecule has 1 aliphatic heterocycles. The number of benzene rings is 2. The van der Waals surface area contributed by atoms with Crippen LogP contribution in [0.5, 0.6) is 11.5 Å². The minimum atomic E-state index is -0.240. The average molecular weight is 423 g/mol. The van der Waals surface area contributed by atoms with Crippen molar-refractivity contribution in [3.05, 3.63) is 57.6 Å². The summed E-state index contributed by atoms with van der Waals surface area (Å²) in [5.41, 5.74) is 1.45. The highest BCUT2D eigenvalue weighted by molar-refractivity contribution is 6.32. The Balaban J connectivity index is 1.38. The zero-order valence-electron chi connectivity index (χ0n) is 15.1. The number of nitrogens with one attached hydrogen (secondary N) is 2. The van der Waals surface area contributed by atoms with Gasteiger partial charge in [0.15, 0.2) is 11.5 Å². The van der Waals surface area contributed by atoms with E-state index in [0.29, 0.717) is 53.3 Å². The van der Waals surface area contributed by atoms with Crippen LogP contribution in [-0.4, -0.2) is 38.1 Å². The van der Waals surface area contributed by atoms with Gasteiger partial charge in [-0.25, -0.2) is 0 Å². The van der Waals surface area contributed by atoms with Crippen LogP contribution in [0.15, 0.2) is 36.4 Å². The summed E-state index contributed by atoms with van der Waals surface area (Å²) >= 11 is 12.0. The molecule has 2 aromatic rings. The molecule has 0 atom stereocenters. The Morgan fingerprint density at radius 1 is 0.964 bits per heavy atom. The fourth-order valence-corrected chi connectivity index (χ4v) is 3.15. The molecule has 1 aliphatic rings. The van der Waals surface area contributed by atoms with Crippen molar-refractivity contribution in [3.63, 3.8) is 0 Å². The van der Waals surface area contributed by atoms with Gasteiger partial charge in [0.1, 0.15) is 13.2 Å². The second kappa shape index (κ2) is 9.66. The van der Waals surface area contributed by atoms with E-state index in [1.54, 1.807) is 24.3 Å². The third-order valence-electron chi connectivity index (χ3n) is 4.14. The summed E-state index contributed by atoms with van der Waals surface area (Å²) in [7, 11) is 0. The molecule has 0 aromatic heterocycles. The normalized spacial score (nSPS) is 12.4. The zero-order chi connectivity index (χ0) is 19.9. The average Bonchev–Trinajstić information content (AvgIpc) is 2.68. The summed E-state index contributed by atoms with van der Waals surface area (Å²) in [5.74, 6) is 0.817. The molecular formula is C20H20Cl2N2O4. The van der Waals surface area contributed by atoms with Crippen LogP contribution in [0.3, 0.4) is 0 Å². The molecule has 0 saturated heterocycles. The summed E-state index contributed by atoms with van der Waals surface area (Å²) in [5, 5.41) is 6.61. The number of hydrogen-bond donors (Lipinski definition) is 2. The maximum atomic E-state index is 12.0. The van der Waals surface area contributed by atoms with E-state index in [1.165, 1.54) is 0 Å². The van der Waals surface area contributed by atoms with Crippen molar-refractivity contribution in [1.82, 2.24) is 10.6 Å². The monoisotopic (exact) mass is 422 g/mol. The Morgan fingerprint density at radius 2 is 1.71 bits per heavy atom. The van der Waals surface area contributed by atoms with Crippen molar-refractivity contribution in [1.29, 1.82) is 0 Å². The van der Waals surface area contributed by atoms with E-state index in [0.717, 1.165) is 5.56 Å². The Kier molecular flexibility index (Phi) is 7.01. The van der Waals surface area contributed by atoms with Crippen molar-refractivity contribution in [2.45, 2.75) is 12.8 Å². The van der Waals surface area contributed by atoms with Gasteiger partial charge in [0, 0.05) is 30.1 Å². The van der Waals surface area contributed by atoms with Crippen LogP contribution in [0.4, 0.5) is 0 Å².